The molecule has 0 amide bonds. The standard InChI is InChI=1S/C9H11N5O4S/c1-5-6(2-10-13-5)3-12-19(17,18)8-7(9(15)16)4-11-14-8/h2,4,12H,3H2,1H3,(H,10,13)(H,11,14)(H,15,16). The van der Waals surface area contributed by atoms with E-state index >= 15 is 0 Å². The summed E-state index contributed by atoms with van der Waals surface area (Å²) in [6.45, 7) is 1.75. The molecule has 4 N–H and O–H groups in total. The summed E-state index contributed by atoms with van der Waals surface area (Å²) in [4.78, 5) is 10.8. The molecular formula is C9H11N5O4S. The Morgan fingerprint density at radius 2 is 2.05 bits per heavy atom. The second-order valence-corrected chi connectivity index (χ2v) is 5.47. The Kier molecular flexibility index (Phi) is 3.36. The van der Waals surface area contributed by atoms with Crippen LogP contribution in [-0.4, -0.2) is 39.9 Å². The molecule has 0 bridgehead atoms. The Hall–Kier alpha value is -2.20. The molecular weight excluding hydrogens is 274 g/mol. The fourth-order valence-electron chi connectivity index (χ4n) is 1.43. The lowest BCUT2D eigenvalue weighted by Crippen LogP contribution is -2.25. The molecule has 2 rings (SSSR count). The molecule has 0 spiro atoms. The van der Waals surface area contributed by atoms with E-state index in [2.05, 4.69) is 25.1 Å². The zero-order valence-corrected chi connectivity index (χ0v) is 10.7. The number of carboxylic acids is 1. The number of carboxylic acid groups (broad SMARTS) is 1. The molecule has 102 valence electrons. The van der Waals surface area contributed by atoms with Gasteiger partial charge in [0, 0.05) is 17.8 Å². The van der Waals surface area contributed by atoms with Gasteiger partial charge in [-0.3, -0.25) is 10.2 Å². The zero-order valence-electron chi connectivity index (χ0n) is 9.84. The molecule has 10 heteroatoms. The SMILES string of the molecule is Cc1[nH]ncc1CNS(=O)(=O)c1[nH]ncc1C(=O)O. The summed E-state index contributed by atoms with van der Waals surface area (Å²) in [6, 6.07) is 0. The van der Waals surface area contributed by atoms with E-state index in [1.165, 1.54) is 6.20 Å². The van der Waals surface area contributed by atoms with Gasteiger partial charge >= 0.3 is 5.97 Å². The minimum atomic E-state index is -3.98. The van der Waals surface area contributed by atoms with Crippen molar-refractivity contribution in [2.45, 2.75) is 18.5 Å². The molecule has 0 fully saturated rings. The van der Waals surface area contributed by atoms with Gasteiger partial charge in [0.2, 0.25) is 0 Å². The molecule has 0 atom stereocenters. The number of nitrogens with one attached hydrogen (secondary N) is 3. The van der Waals surface area contributed by atoms with Gasteiger partial charge in [-0.2, -0.15) is 10.2 Å². The van der Waals surface area contributed by atoms with Crippen molar-refractivity contribution in [3.8, 4) is 0 Å². The van der Waals surface area contributed by atoms with Gasteiger partial charge in [-0.15, -0.1) is 0 Å². The summed E-state index contributed by atoms with van der Waals surface area (Å²) in [5.41, 5.74) is 0.988. The second-order valence-electron chi connectivity index (χ2n) is 3.76. The van der Waals surface area contributed by atoms with E-state index in [4.69, 9.17) is 5.11 Å². The maximum absolute atomic E-state index is 11.9. The van der Waals surface area contributed by atoms with Crippen molar-refractivity contribution in [2.75, 3.05) is 0 Å². The summed E-state index contributed by atoms with van der Waals surface area (Å²) >= 11 is 0. The molecule has 0 saturated heterocycles. The van der Waals surface area contributed by atoms with Gasteiger partial charge in [0.1, 0.15) is 5.56 Å². The number of aryl methyl sites for hydroxylation is 1. The van der Waals surface area contributed by atoms with Crippen LogP contribution >= 0.6 is 0 Å². The minimum Gasteiger partial charge on any atom is -0.478 e. The highest BCUT2D eigenvalue weighted by Gasteiger charge is 2.24. The largest absolute Gasteiger partial charge is 0.478 e. The number of H-pyrrole nitrogens is 2. The Balaban J connectivity index is 2.21. The Bertz CT molecular complexity index is 702. The molecule has 0 aliphatic rings. The number of aromatic carboxylic acids is 1. The summed E-state index contributed by atoms with van der Waals surface area (Å²) < 4.78 is 26.2. The number of aromatic nitrogens is 4. The Morgan fingerprint density at radius 3 is 2.63 bits per heavy atom. The number of aromatic amines is 2. The van der Waals surface area contributed by atoms with Crippen LogP contribution in [0.3, 0.4) is 0 Å². The fraction of sp³-hybridized carbons (Fsp3) is 0.222. The van der Waals surface area contributed by atoms with Gasteiger partial charge < -0.3 is 5.11 Å². The predicted molar refractivity (Wildman–Crippen MR) is 62.9 cm³/mol. The number of rotatable bonds is 5. The van der Waals surface area contributed by atoms with E-state index in [1.54, 1.807) is 6.92 Å². The lowest BCUT2D eigenvalue weighted by atomic mass is 10.3. The Morgan fingerprint density at radius 1 is 1.37 bits per heavy atom. The van der Waals surface area contributed by atoms with Crippen LogP contribution in [0.25, 0.3) is 0 Å². The van der Waals surface area contributed by atoms with Crippen molar-refractivity contribution >= 4 is 16.0 Å². The first-order valence-corrected chi connectivity index (χ1v) is 6.65. The van der Waals surface area contributed by atoms with E-state index in [0.29, 0.717) is 5.56 Å². The van der Waals surface area contributed by atoms with E-state index in [1.807, 2.05) is 0 Å². The van der Waals surface area contributed by atoms with Crippen molar-refractivity contribution in [3.63, 3.8) is 0 Å². The average Bonchev–Trinajstić information content (AvgIpc) is 2.95. The summed E-state index contributed by atoms with van der Waals surface area (Å²) in [5.74, 6) is -1.37. The summed E-state index contributed by atoms with van der Waals surface area (Å²) in [6.07, 6.45) is 2.43. The third-order valence-corrected chi connectivity index (χ3v) is 3.86. The van der Waals surface area contributed by atoms with Crippen molar-refractivity contribution in [2.24, 2.45) is 0 Å². The van der Waals surface area contributed by atoms with Crippen LogP contribution in [0.2, 0.25) is 0 Å². The summed E-state index contributed by atoms with van der Waals surface area (Å²) in [5, 5.41) is 20.4. The van der Waals surface area contributed by atoms with E-state index in [0.717, 1.165) is 11.9 Å². The van der Waals surface area contributed by atoms with Crippen LogP contribution in [0.1, 0.15) is 21.6 Å². The van der Waals surface area contributed by atoms with E-state index < -0.39 is 26.6 Å². The van der Waals surface area contributed by atoms with Crippen molar-refractivity contribution in [3.05, 3.63) is 29.2 Å². The van der Waals surface area contributed by atoms with Crippen LogP contribution < -0.4 is 4.72 Å². The monoisotopic (exact) mass is 285 g/mol. The number of carbonyl (C=O) groups is 1. The highest BCUT2D eigenvalue weighted by molar-refractivity contribution is 7.89. The number of nitrogens with zero attached hydrogens (tertiary/aromatic N) is 2. The lowest BCUT2D eigenvalue weighted by molar-refractivity contribution is 0.0692. The molecule has 0 aromatic carbocycles. The van der Waals surface area contributed by atoms with Crippen LogP contribution in [-0.2, 0) is 16.6 Å². The molecule has 9 nitrogen and oxygen atoms in total. The van der Waals surface area contributed by atoms with Gasteiger partial charge in [0.25, 0.3) is 10.0 Å². The van der Waals surface area contributed by atoms with Gasteiger partial charge in [-0.05, 0) is 6.92 Å². The maximum Gasteiger partial charge on any atom is 0.340 e. The normalized spacial score (nSPS) is 11.6. The Labute approximate surface area is 108 Å². The van der Waals surface area contributed by atoms with Gasteiger partial charge in [0.15, 0.2) is 5.03 Å². The van der Waals surface area contributed by atoms with E-state index in [-0.39, 0.29) is 6.54 Å². The lowest BCUT2D eigenvalue weighted by Gasteiger charge is -2.04. The third-order valence-electron chi connectivity index (χ3n) is 2.49. The highest BCUT2D eigenvalue weighted by atomic mass is 32.2. The van der Waals surface area contributed by atoms with Gasteiger partial charge in [0.05, 0.1) is 12.4 Å². The molecule has 0 saturated carbocycles. The van der Waals surface area contributed by atoms with E-state index in [9.17, 15) is 13.2 Å². The second kappa shape index (κ2) is 4.82. The molecule has 2 aromatic heterocycles. The van der Waals surface area contributed by atoms with Gasteiger partial charge in [-0.25, -0.2) is 17.9 Å². The topological polar surface area (TPSA) is 141 Å². The van der Waals surface area contributed by atoms with Crippen LogP contribution in [0.5, 0.6) is 0 Å². The summed E-state index contributed by atoms with van der Waals surface area (Å²) in [7, 11) is -3.98. The molecule has 0 aliphatic carbocycles. The third kappa shape index (κ3) is 2.63. The van der Waals surface area contributed by atoms with Crippen molar-refractivity contribution < 1.29 is 18.3 Å². The van der Waals surface area contributed by atoms with Crippen LogP contribution in [0.15, 0.2) is 17.4 Å². The minimum absolute atomic E-state index is 0.00272. The quantitative estimate of drug-likeness (QED) is 0.590. The fourth-order valence-corrected chi connectivity index (χ4v) is 2.52. The number of sulfonamides is 1. The maximum atomic E-state index is 11.9. The first-order chi connectivity index (χ1) is 8.92. The van der Waals surface area contributed by atoms with Crippen molar-refractivity contribution in [1.29, 1.82) is 0 Å². The van der Waals surface area contributed by atoms with Crippen LogP contribution in [0.4, 0.5) is 0 Å². The molecule has 2 heterocycles. The molecule has 0 aliphatic heterocycles. The molecule has 2 aromatic rings. The predicted octanol–water partition coefficient (Wildman–Crippen LogP) is -0.382. The smallest absolute Gasteiger partial charge is 0.340 e. The average molecular weight is 285 g/mol. The zero-order chi connectivity index (χ0) is 14.0. The highest BCUT2D eigenvalue weighted by Crippen LogP contribution is 2.12. The van der Waals surface area contributed by atoms with Crippen LogP contribution in [0, 0.1) is 6.92 Å². The first-order valence-electron chi connectivity index (χ1n) is 5.17. The molecule has 0 unspecified atom stereocenters. The first kappa shape index (κ1) is 13.2. The molecule has 19 heavy (non-hydrogen) atoms. The van der Waals surface area contributed by atoms with Crippen molar-refractivity contribution in [1.82, 2.24) is 25.1 Å². The number of hydrogen-bond donors (Lipinski definition) is 4. The molecule has 0 radical (unpaired) electrons. The van der Waals surface area contributed by atoms with Gasteiger partial charge in [-0.1, -0.05) is 0 Å². The number of hydrogen-bond acceptors (Lipinski definition) is 5.